The highest BCUT2D eigenvalue weighted by atomic mass is 19.4. The lowest BCUT2D eigenvalue weighted by molar-refractivity contribution is -0.137. The maximum absolute atomic E-state index is 12.8. The molecule has 1 saturated heterocycles. The molecule has 0 aromatic heterocycles. The van der Waals surface area contributed by atoms with Crippen LogP contribution < -0.4 is 5.32 Å². The van der Waals surface area contributed by atoms with Crippen molar-refractivity contribution < 1.29 is 18.0 Å². The van der Waals surface area contributed by atoms with Gasteiger partial charge in [0.05, 0.1) is 5.56 Å². The average molecular weight is 347 g/mol. The highest BCUT2D eigenvalue weighted by Crippen LogP contribution is 2.30. The lowest BCUT2D eigenvalue weighted by atomic mass is 9.90. The normalized spacial score (nSPS) is 18.1. The second-order valence-corrected chi connectivity index (χ2v) is 6.46. The Bertz CT molecular complexity index is 731. The Morgan fingerprint density at radius 1 is 1.12 bits per heavy atom. The van der Waals surface area contributed by atoms with Crippen LogP contribution in [-0.2, 0) is 12.6 Å². The lowest BCUT2D eigenvalue weighted by Crippen LogP contribution is -2.28. The lowest BCUT2D eigenvalue weighted by Gasteiger charge is -2.23. The summed E-state index contributed by atoms with van der Waals surface area (Å²) in [6.45, 7) is 2.02. The molecule has 5 heteroatoms. The van der Waals surface area contributed by atoms with E-state index >= 15 is 0 Å². The van der Waals surface area contributed by atoms with Crippen LogP contribution in [0.4, 0.5) is 13.2 Å². The number of rotatable bonds is 4. The SMILES string of the molecule is O=C(Cc1ccc([C@@H]2CCCNC2)cc1)c1cccc(C(F)(F)F)c1. The Morgan fingerprint density at radius 2 is 1.88 bits per heavy atom. The first-order chi connectivity index (χ1) is 11.9. The number of hydrogen-bond acceptors (Lipinski definition) is 2. The molecule has 1 atom stereocenters. The second kappa shape index (κ2) is 7.40. The Kier molecular flexibility index (Phi) is 5.23. The van der Waals surface area contributed by atoms with E-state index in [-0.39, 0.29) is 17.8 Å². The molecule has 0 unspecified atom stereocenters. The van der Waals surface area contributed by atoms with Crippen molar-refractivity contribution in [3.8, 4) is 0 Å². The quantitative estimate of drug-likeness (QED) is 0.819. The molecule has 1 aliphatic rings. The van der Waals surface area contributed by atoms with Gasteiger partial charge < -0.3 is 5.32 Å². The highest BCUT2D eigenvalue weighted by Gasteiger charge is 2.30. The number of halogens is 3. The van der Waals surface area contributed by atoms with E-state index in [4.69, 9.17) is 0 Å². The van der Waals surface area contributed by atoms with Crippen LogP contribution in [0.25, 0.3) is 0 Å². The van der Waals surface area contributed by atoms with E-state index in [0.29, 0.717) is 5.92 Å². The molecule has 2 aromatic carbocycles. The summed E-state index contributed by atoms with van der Waals surface area (Å²) < 4.78 is 38.3. The van der Waals surface area contributed by atoms with Gasteiger partial charge in [-0.05, 0) is 48.6 Å². The minimum absolute atomic E-state index is 0.0929. The van der Waals surface area contributed by atoms with Gasteiger partial charge in [-0.25, -0.2) is 0 Å². The van der Waals surface area contributed by atoms with Crippen molar-refractivity contribution in [3.05, 3.63) is 70.8 Å². The van der Waals surface area contributed by atoms with Gasteiger partial charge in [0.2, 0.25) is 0 Å². The van der Waals surface area contributed by atoms with Crippen molar-refractivity contribution in [1.29, 1.82) is 0 Å². The van der Waals surface area contributed by atoms with E-state index < -0.39 is 11.7 Å². The summed E-state index contributed by atoms with van der Waals surface area (Å²) >= 11 is 0. The van der Waals surface area contributed by atoms with Gasteiger partial charge in [-0.1, -0.05) is 36.4 Å². The maximum atomic E-state index is 12.8. The number of alkyl halides is 3. The van der Waals surface area contributed by atoms with Gasteiger partial charge in [-0.15, -0.1) is 0 Å². The van der Waals surface area contributed by atoms with Crippen molar-refractivity contribution in [1.82, 2.24) is 5.32 Å². The number of piperidine rings is 1. The van der Waals surface area contributed by atoms with Crippen LogP contribution in [0.2, 0.25) is 0 Å². The molecule has 25 heavy (non-hydrogen) atoms. The standard InChI is InChI=1S/C20H20F3NO/c21-20(22,23)18-5-1-3-16(12-18)19(25)11-14-6-8-15(9-7-14)17-4-2-10-24-13-17/h1,3,5-9,12,17,24H,2,4,10-11,13H2/t17-/m1/s1. The largest absolute Gasteiger partial charge is 0.416 e. The van der Waals surface area contributed by atoms with Gasteiger partial charge in [0.15, 0.2) is 5.78 Å². The molecule has 3 rings (SSSR count). The topological polar surface area (TPSA) is 29.1 Å². The minimum atomic E-state index is -4.44. The van der Waals surface area contributed by atoms with Crippen LogP contribution in [0.15, 0.2) is 48.5 Å². The van der Waals surface area contributed by atoms with Gasteiger partial charge >= 0.3 is 6.18 Å². The zero-order valence-electron chi connectivity index (χ0n) is 13.8. The zero-order chi connectivity index (χ0) is 17.9. The number of carbonyl (C=O) groups is 1. The van der Waals surface area contributed by atoms with Crippen molar-refractivity contribution in [2.45, 2.75) is 31.4 Å². The predicted octanol–water partition coefficient (Wildman–Crippen LogP) is 4.60. The van der Waals surface area contributed by atoms with Crippen LogP contribution >= 0.6 is 0 Å². The molecule has 0 spiro atoms. The average Bonchev–Trinajstić information content (AvgIpc) is 2.62. The third-order valence-corrected chi connectivity index (χ3v) is 4.62. The van der Waals surface area contributed by atoms with E-state index in [9.17, 15) is 18.0 Å². The first-order valence-corrected chi connectivity index (χ1v) is 8.43. The molecule has 1 fully saturated rings. The number of hydrogen-bond donors (Lipinski definition) is 1. The number of Topliss-reactive ketones (excluding diaryl/α,β-unsaturated/α-hetero) is 1. The van der Waals surface area contributed by atoms with Crippen molar-refractivity contribution in [2.75, 3.05) is 13.1 Å². The van der Waals surface area contributed by atoms with E-state index in [1.807, 2.05) is 24.3 Å². The molecule has 0 amide bonds. The summed E-state index contributed by atoms with van der Waals surface area (Å²) in [4.78, 5) is 12.3. The molecular formula is C20H20F3NO. The minimum Gasteiger partial charge on any atom is -0.316 e. The molecule has 0 aliphatic carbocycles. The summed E-state index contributed by atoms with van der Waals surface area (Å²) in [7, 11) is 0. The van der Waals surface area contributed by atoms with E-state index in [2.05, 4.69) is 5.32 Å². The Labute approximate surface area is 145 Å². The van der Waals surface area contributed by atoms with Crippen molar-refractivity contribution in [3.63, 3.8) is 0 Å². The van der Waals surface area contributed by atoms with Crippen molar-refractivity contribution in [2.24, 2.45) is 0 Å². The molecule has 0 saturated carbocycles. The van der Waals surface area contributed by atoms with Crippen LogP contribution in [0.5, 0.6) is 0 Å². The zero-order valence-corrected chi connectivity index (χ0v) is 13.8. The number of nitrogens with one attached hydrogen (secondary N) is 1. The van der Waals surface area contributed by atoms with Crippen LogP contribution in [0.3, 0.4) is 0 Å². The first-order valence-electron chi connectivity index (χ1n) is 8.43. The summed E-state index contributed by atoms with van der Waals surface area (Å²) in [6, 6.07) is 12.4. The molecule has 1 N–H and O–H groups in total. The molecule has 132 valence electrons. The third-order valence-electron chi connectivity index (χ3n) is 4.62. The number of ketones is 1. The predicted molar refractivity (Wildman–Crippen MR) is 90.8 cm³/mol. The van der Waals surface area contributed by atoms with Crippen LogP contribution in [0.1, 0.15) is 45.8 Å². The molecular weight excluding hydrogens is 327 g/mol. The highest BCUT2D eigenvalue weighted by molar-refractivity contribution is 5.97. The van der Waals surface area contributed by atoms with E-state index in [1.54, 1.807) is 0 Å². The molecule has 0 radical (unpaired) electrons. The Morgan fingerprint density at radius 3 is 2.52 bits per heavy atom. The van der Waals surface area contributed by atoms with Crippen LogP contribution in [-0.4, -0.2) is 18.9 Å². The molecule has 1 heterocycles. The Balaban J connectivity index is 1.68. The van der Waals surface area contributed by atoms with E-state index in [0.717, 1.165) is 43.6 Å². The van der Waals surface area contributed by atoms with Gasteiger partial charge in [-0.2, -0.15) is 13.2 Å². The molecule has 2 aromatic rings. The molecule has 1 aliphatic heterocycles. The van der Waals surface area contributed by atoms with Gasteiger partial charge in [0.1, 0.15) is 0 Å². The van der Waals surface area contributed by atoms with Crippen molar-refractivity contribution >= 4 is 5.78 Å². The summed E-state index contributed by atoms with van der Waals surface area (Å²) in [5, 5.41) is 3.37. The fraction of sp³-hybridized carbons (Fsp3) is 0.350. The van der Waals surface area contributed by atoms with Gasteiger partial charge in [0.25, 0.3) is 0 Å². The monoisotopic (exact) mass is 347 g/mol. The fourth-order valence-electron chi connectivity index (χ4n) is 3.20. The summed E-state index contributed by atoms with van der Waals surface area (Å²) in [5.41, 5.74) is 1.35. The second-order valence-electron chi connectivity index (χ2n) is 6.46. The number of benzene rings is 2. The molecule has 2 nitrogen and oxygen atoms in total. The maximum Gasteiger partial charge on any atom is 0.416 e. The summed E-state index contributed by atoms with van der Waals surface area (Å²) in [6.07, 6.45) is -2.04. The third kappa shape index (κ3) is 4.48. The number of carbonyl (C=O) groups excluding carboxylic acids is 1. The first kappa shape index (κ1) is 17.7. The van der Waals surface area contributed by atoms with Gasteiger partial charge in [0, 0.05) is 18.5 Å². The molecule has 0 bridgehead atoms. The summed E-state index contributed by atoms with van der Waals surface area (Å²) in [5.74, 6) is 0.181. The smallest absolute Gasteiger partial charge is 0.316 e. The van der Waals surface area contributed by atoms with Gasteiger partial charge in [-0.3, -0.25) is 4.79 Å². The fourth-order valence-corrected chi connectivity index (χ4v) is 3.20. The van der Waals surface area contributed by atoms with Crippen LogP contribution in [0, 0.1) is 0 Å². The Hall–Kier alpha value is -2.14. The van der Waals surface area contributed by atoms with E-state index in [1.165, 1.54) is 17.7 Å².